The van der Waals surface area contributed by atoms with Gasteiger partial charge in [-0.05, 0) is 36.1 Å². The number of anilines is 1. The monoisotopic (exact) mass is 287 g/mol. The summed E-state index contributed by atoms with van der Waals surface area (Å²) in [5, 5.41) is 4.29. The molecule has 1 aliphatic heterocycles. The quantitative estimate of drug-likeness (QED) is 0.493. The van der Waals surface area contributed by atoms with Crippen LogP contribution in [0, 0.1) is 12.8 Å². The number of hydrogen-bond acceptors (Lipinski definition) is 4. The zero-order chi connectivity index (χ0) is 14.1. The average molecular weight is 287 g/mol. The maximum absolute atomic E-state index is 12.0. The van der Waals surface area contributed by atoms with Gasteiger partial charge in [-0.15, -0.1) is 0 Å². The van der Waals surface area contributed by atoms with Crippen molar-refractivity contribution in [1.82, 2.24) is 4.98 Å². The van der Waals surface area contributed by atoms with Crippen LogP contribution in [-0.4, -0.2) is 24.0 Å². The van der Waals surface area contributed by atoms with Crippen molar-refractivity contribution in [2.75, 3.05) is 18.0 Å². The molecule has 1 aromatic heterocycles. The first-order valence-electron chi connectivity index (χ1n) is 6.36. The highest BCUT2D eigenvalue weighted by atomic mass is 32.1. The van der Waals surface area contributed by atoms with Crippen molar-refractivity contribution < 1.29 is 4.79 Å². The molecule has 1 aliphatic rings. The highest BCUT2D eigenvalue weighted by molar-refractivity contribution is 7.22. The van der Waals surface area contributed by atoms with E-state index < -0.39 is 0 Å². The molecule has 0 N–H and O–H groups in total. The van der Waals surface area contributed by atoms with Gasteiger partial charge in [0.15, 0.2) is 5.13 Å². The molecular formula is C13H13N5OS. The maximum atomic E-state index is 12.0. The number of amides is 1. The summed E-state index contributed by atoms with van der Waals surface area (Å²) in [5.41, 5.74) is 10.4. The summed E-state index contributed by atoms with van der Waals surface area (Å²) < 4.78 is 1.09. The van der Waals surface area contributed by atoms with Crippen molar-refractivity contribution in [3.05, 3.63) is 34.2 Å². The lowest BCUT2D eigenvalue weighted by molar-refractivity contribution is -0.117. The molecule has 3 rings (SSSR count). The second-order valence-corrected chi connectivity index (χ2v) is 5.96. The van der Waals surface area contributed by atoms with E-state index in [-0.39, 0.29) is 11.8 Å². The second kappa shape index (κ2) is 5.11. The summed E-state index contributed by atoms with van der Waals surface area (Å²) in [4.78, 5) is 21.0. The Labute approximate surface area is 119 Å². The van der Waals surface area contributed by atoms with Gasteiger partial charge < -0.3 is 0 Å². The van der Waals surface area contributed by atoms with Crippen LogP contribution < -0.4 is 4.90 Å². The molecule has 6 nitrogen and oxygen atoms in total. The average Bonchev–Trinajstić information content (AvgIpc) is 2.99. The van der Waals surface area contributed by atoms with Crippen LogP contribution >= 0.6 is 11.3 Å². The molecule has 7 heteroatoms. The SMILES string of the molecule is Cc1ccc2nc(N3CC(CN=[N+]=[N-])CC3=O)sc2c1. The van der Waals surface area contributed by atoms with Gasteiger partial charge in [0.05, 0.1) is 10.2 Å². The van der Waals surface area contributed by atoms with E-state index in [0.717, 1.165) is 15.3 Å². The topological polar surface area (TPSA) is 82.0 Å². The molecule has 1 saturated heterocycles. The zero-order valence-electron chi connectivity index (χ0n) is 11.0. The molecule has 0 bridgehead atoms. The maximum Gasteiger partial charge on any atom is 0.229 e. The van der Waals surface area contributed by atoms with Crippen molar-refractivity contribution in [2.24, 2.45) is 11.0 Å². The predicted octanol–water partition coefficient (Wildman–Crippen LogP) is 3.27. The molecule has 2 heterocycles. The van der Waals surface area contributed by atoms with Crippen molar-refractivity contribution in [1.29, 1.82) is 0 Å². The number of thiazole rings is 1. The van der Waals surface area contributed by atoms with Gasteiger partial charge in [-0.2, -0.15) is 0 Å². The fourth-order valence-corrected chi connectivity index (χ4v) is 3.47. The smallest absolute Gasteiger partial charge is 0.229 e. The number of rotatable bonds is 3. The summed E-state index contributed by atoms with van der Waals surface area (Å²) in [6.45, 7) is 2.98. The highest BCUT2D eigenvalue weighted by Crippen LogP contribution is 2.33. The molecular weight excluding hydrogens is 274 g/mol. The number of aromatic nitrogens is 1. The van der Waals surface area contributed by atoms with E-state index >= 15 is 0 Å². The Kier molecular flexibility index (Phi) is 3.30. The summed E-state index contributed by atoms with van der Waals surface area (Å²) in [6.07, 6.45) is 0.425. The van der Waals surface area contributed by atoms with Gasteiger partial charge >= 0.3 is 0 Å². The van der Waals surface area contributed by atoms with Crippen LogP contribution in [0.25, 0.3) is 20.7 Å². The minimum absolute atomic E-state index is 0.0546. The van der Waals surface area contributed by atoms with Crippen molar-refractivity contribution >= 4 is 32.6 Å². The number of aryl methyl sites for hydroxylation is 1. The summed E-state index contributed by atoms with van der Waals surface area (Å²) >= 11 is 1.53. The van der Waals surface area contributed by atoms with Crippen LogP contribution in [0.2, 0.25) is 0 Å². The van der Waals surface area contributed by atoms with Crippen LogP contribution in [0.5, 0.6) is 0 Å². The molecule has 1 aromatic carbocycles. The van der Waals surface area contributed by atoms with Crippen LogP contribution in [0.1, 0.15) is 12.0 Å². The lowest BCUT2D eigenvalue weighted by Crippen LogP contribution is -2.24. The lowest BCUT2D eigenvalue weighted by atomic mass is 10.1. The summed E-state index contributed by atoms with van der Waals surface area (Å²) in [5.74, 6) is 0.145. The Balaban J connectivity index is 1.87. The predicted molar refractivity (Wildman–Crippen MR) is 78.8 cm³/mol. The fraction of sp³-hybridized carbons (Fsp3) is 0.385. The number of fused-ring (bicyclic) bond motifs is 1. The van der Waals surface area contributed by atoms with E-state index in [1.807, 2.05) is 19.1 Å². The standard InChI is InChI=1S/C13H13N5OS/c1-8-2-3-10-11(4-8)20-13(16-10)18-7-9(5-12(18)19)6-15-17-14/h2-4,9H,5-7H2,1H3. The number of nitrogens with zero attached hydrogens (tertiary/aromatic N) is 5. The van der Waals surface area contributed by atoms with Crippen molar-refractivity contribution in [3.63, 3.8) is 0 Å². The molecule has 1 atom stereocenters. The van der Waals surface area contributed by atoms with Gasteiger partial charge in [-0.1, -0.05) is 22.5 Å². The molecule has 20 heavy (non-hydrogen) atoms. The largest absolute Gasteiger partial charge is 0.288 e. The Morgan fingerprint density at radius 1 is 1.60 bits per heavy atom. The Hall–Kier alpha value is -2.11. The van der Waals surface area contributed by atoms with Gasteiger partial charge in [-0.3, -0.25) is 9.69 Å². The van der Waals surface area contributed by atoms with E-state index in [2.05, 4.69) is 21.1 Å². The third-order valence-corrected chi connectivity index (χ3v) is 4.41. The number of carbonyl (C=O) groups is 1. The van der Waals surface area contributed by atoms with Crippen molar-refractivity contribution in [3.8, 4) is 0 Å². The molecule has 0 aliphatic carbocycles. The minimum Gasteiger partial charge on any atom is -0.288 e. The second-order valence-electron chi connectivity index (χ2n) is 4.96. The number of hydrogen-bond donors (Lipinski definition) is 0. The highest BCUT2D eigenvalue weighted by Gasteiger charge is 2.31. The zero-order valence-corrected chi connectivity index (χ0v) is 11.8. The number of benzene rings is 1. The summed E-state index contributed by atoms with van der Waals surface area (Å²) in [7, 11) is 0. The molecule has 1 amide bonds. The summed E-state index contributed by atoms with van der Waals surface area (Å²) in [6, 6.07) is 6.07. The van der Waals surface area contributed by atoms with Crippen LogP contribution in [0.15, 0.2) is 23.3 Å². The lowest BCUT2D eigenvalue weighted by Gasteiger charge is -2.11. The van der Waals surface area contributed by atoms with Gasteiger partial charge in [-0.25, -0.2) is 4.98 Å². The molecule has 0 radical (unpaired) electrons. The van der Waals surface area contributed by atoms with E-state index in [4.69, 9.17) is 5.53 Å². The van der Waals surface area contributed by atoms with Gasteiger partial charge in [0, 0.05) is 24.4 Å². The van der Waals surface area contributed by atoms with Gasteiger partial charge in [0.25, 0.3) is 0 Å². The Morgan fingerprint density at radius 2 is 2.45 bits per heavy atom. The van der Waals surface area contributed by atoms with E-state index in [0.29, 0.717) is 19.5 Å². The first-order chi connectivity index (χ1) is 9.67. The number of carbonyl (C=O) groups excluding carboxylic acids is 1. The van der Waals surface area contributed by atoms with Gasteiger partial charge in [0.2, 0.25) is 5.91 Å². The van der Waals surface area contributed by atoms with E-state index in [1.54, 1.807) is 4.90 Å². The molecule has 1 unspecified atom stereocenters. The van der Waals surface area contributed by atoms with E-state index in [1.165, 1.54) is 16.9 Å². The van der Waals surface area contributed by atoms with Crippen LogP contribution in [0.4, 0.5) is 5.13 Å². The van der Waals surface area contributed by atoms with E-state index in [9.17, 15) is 4.79 Å². The van der Waals surface area contributed by atoms with Gasteiger partial charge in [0.1, 0.15) is 0 Å². The molecule has 0 spiro atoms. The number of azide groups is 1. The molecule has 0 saturated carbocycles. The third-order valence-electron chi connectivity index (χ3n) is 3.37. The van der Waals surface area contributed by atoms with Crippen LogP contribution in [-0.2, 0) is 4.79 Å². The first kappa shape index (κ1) is 12.9. The molecule has 2 aromatic rings. The fourth-order valence-electron chi connectivity index (χ4n) is 2.38. The Bertz CT molecular complexity index is 719. The van der Waals surface area contributed by atoms with Crippen LogP contribution in [0.3, 0.4) is 0 Å². The normalized spacial score (nSPS) is 18.6. The Morgan fingerprint density at radius 3 is 3.25 bits per heavy atom. The third kappa shape index (κ3) is 2.33. The first-order valence-corrected chi connectivity index (χ1v) is 7.17. The minimum atomic E-state index is 0.0546. The molecule has 102 valence electrons. The molecule has 1 fully saturated rings. The van der Waals surface area contributed by atoms with Crippen molar-refractivity contribution in [2.45, 2.75) is 13.3 Å².